The van der Waals surface area contributed by atoms with E-state index in [9.17, 15) is 10.5 Å². The van der Waals surface area contributed by atoms with Crippen molar-refractivity contribution in [1.82, 2.24) is 0 Å². The molecular formula is C19H35ClN2O4Si5. The number of hydrogen-bond acceptors (Lipinski definition) is 6. The van der Waals surface area contributed by atoms with Gasteiger partial charge in [0.2, 0.25) is 8.32 Å². The Balaban J connectivity index is 3.10. The molecule has 31 heavy (non-hydrogen) atoms. The third-order valence-corrected chi connectivity index (χ3v) is 22.5. The second-order valence-electron chi connectivity index (χ2n) is 10.3. The Morgan fingerprint density at radius 1 is 0.645 bits per heavy atom. The summed E-state index contributed by atoms with van der Waals surface area (Å²) < 4.78 is 26.0. The van der Waals surface area contributed by atoms with Crippen molar-refractivity contribution in [1.29, 1.82) is 10.5 Å². The molecule has 6 nitrogen and oxygen atoms in total. The van der Waals surface area contributed by atoms with E-state index in [4.69, 9.17) is 28.1 Å². The second kappa shape index (κ2) is 9.73. The fourth-order valence-electron chi connectivity index (χ4n) is 3.87. The van der Waals surface area contributed by atoms with E-state index in [1.54, 1.807) is 12.1 Å². The molecule has 0 aliphatic heterocycles. The Morgan fingerprint density at radius 3 is 1.45 bits per heavy atom. The maximum atomic E-state index is 9.40. The van der Waals surface area contributed by atoms with Crippen LogP contribution in [0, 0.1) is 22.7 Å². The predicted octanol–water partition coefficient (Wildman–Crippen LogP) is 5.50. The standard InChI is InChI=1S/C19H35ClN2O4Si5/c1-27(2,3)23-29(6,7)25-31(10,11)26-30(8,9)24-28(4,5)19-13-17(15-22)16(14-21)12-18(19)20/h12-13H,1-11H3. The maximum absolute atomic E-state index is 9.40. The van der Waals surface area contributed by atoms with Crippen molar-refractivity contribution in [3.05, 3.63) is 28.3 Å². The molecule has 0 aliphatic carbocycles. The maximum Gasteiger partial charge on any atom is 0.314 e. The van der Waals surface area contributed by atoms with E-state index in [1.807, 2.05) is 45.4 Å². The average Bonchev–Trinajstić information content (AvgIpc) is 2.47. The van der Waals surface area contributed by atoms with Crippen LogP contribution in [0.1, 0.15) is 11.1 Å². The Kier molecular flexibility index (Phi) is 8.93. The number of nitrogens with zero attached hydrogens (tertiary/aromatic N) is 2. The molecule has 0 N–H and O–H groups in total. The summed E-state index contributed by atoms with van der Waals surface area (Å²) in [4.78, 5) is 0. The first-order chi connectivity index (χ1) is 13.7. The SMILES string of the molecule is C[Si](C)(C)O[Si](C)(C)O[Si](C)(C)O[Si](C)(C)O[Si](C)(C)c1cc(C#N)c(C#N)cc1Cl. The van der Waals surface area contributed by atoms with Crippen molar-refractivity contribution in [2.45, 2.75) is 72.0 Å². The minimum absolute atomic E-state index is 0.269. The summed E-state index contributed by atoms with van der Waals surface area (Å²) in [5.74, 6) is 0. The van der Waals surface area contributed by atoms with E-state index in [1.165, 1.54) is 0 Å². The molecule has 0 aromatic heterocycles. The lowest BCUT2D eigenvalue weighted by atomic mass is 10.1. The smallest absolute Gasteiger partial charge is 0.314 e. The number of benzene rings is 1. The number of rotatable bonds is 9. The van der Waals surface area contributed by atoms with Gasteiger partial charge < -0.3 is 16.5 Å². The second-order valence-corrected chi connectivity index (χ2v) is 30.2. The molecule has 0 saturated heterocycles. The van der Waals surface area contributed by atoms with E-state index in [-0.39, 0.29) is 5.56 Å². The first-order valence-corrected chi connectivity index (χ1v) is 25.3. The van der Waals surface area contributed by atoms with Crippen LogP contribution in [0.3, 0.4) is 0 Å². The molecule has 0 radical (unpaired) electrons. The van der Waals surface area contributed by atoms with Gasteiger partial charge in [-0.2, -0.15) is 10.5 Å². The van der Waals surface area contributed by atoms with Gasteiger partial charge in [-0.05, 0) is 89.3 Å². The molecule has 0 amide bonds. The van der Waals surface area contributed by atoms with Crippen LogP contribution in [-0.2, 0) is 16.5 Å². The van der Waals surface area contributed by atoms with Gasteiger partial charge in [-0.1, -0.05) is 11.6 Å². The molecule has 0 unspecified atom stereocenters. The predicted molar refractivity (Wildman–Crippen MR) is 138 cm³/mol. The summed E-state index contributed by atoms with van der Waals surface area (Å²) in [6.07, 6.45) is 0. The lowest BCUT2D eigenvalue weighted by Gasteiger charge is -2.42. The van der Waals surface area contributed by atoms with Crippen LogP contribution in [-0.4, -0.2) is 42.3 Å². The fraction of sp³-hybridized carbons (Fsp3) is 0.579. The topological polar surface area (TPSA) is 84.5 Å². The van der Waals surface area contributed by atoms with Gasteiger partial charge >= 0.3 is 25.7 Å². The van der Waals surface area contributed by atoms with Crippen LogP contribution in [0.4, 0.5) is 0 Å². The van der Waals surface area contributed by atoms with Gasteiger partial charge in [0.15, 0.2) is 8.32 Å². The Labute approximate surface area is 198 Å². The first kappa shape index (κ1) is 28.4. The summed E-state index contributed by atoms with van der Waals surface area (Å²) in [5, 5.41) is 19.9. The van der Waals surface area contributed by atoms with E-state index in [0.29, 0.717) is 10.6 Å². The van der Waals surface area contributed by atoms with Crippen molar-refractivity contribution in [3.8, 4) is 12.1 Å². The molecular weight excluding hydrogens is 496 g/mol. The lowest BCUT2D eigenvalue weighted by molar-refractivity contribution is 0.300. The Morgan fingerprint density at radius 2 is 1.03 bits per heavy atom. The van der Waals surface area contributed by atoms with E-state index in [2.05, 4.69) is 38.8 Å². The molecule has 1 aromatic rings. The highest BCUT2D eigenvalue weighted by atomic mass is 35.5. The molecule has 0 bridgehead atoms. The van der Waals surface area contributed by atoms with Gasteiger partial charge in [0, 0.05) is 5.02 Å². The molecule has 0 atom stereocenters. The summed E-state index contributed by atoms with van der Waals surface area (Å²) in [5.41, 5.74) is 0.575. The third kappa shape index (κ3) is 9.05. The van der Waals surface area contributed by atoms with Crippen LogP contribution in [0.15, 0.2) is 12.1 Å². The zero-order valence-electron chi connectivity index (χ0n) is 20.6. The quantitative estimate of drug-likeness (QED) is 0.392. The molecule has 0 aliphatic rings. The molecule has 0 heterocycles. The molecule has 12 heteroatoms. The molecule has 1 aromatic carbocycles. The van der Waals surface area contributed by atoms with Crippen molar-refractivity contribution in [2.24, 2.45) is 0 Å². The van der Waals surface area contributed by atoms with Crippen LogP contribution in [0.5, 0.6) is 0 Å². The van der Waals surface area contributed by atoms with E-state index < -0.39 is 42.3 Å². The number of hydrogen-bond donors (Lipinski definition) is 0. The summed E-state index contributed by atoms with van der Waals surface area (Å²) in [6, 6.07) is 7.33. The van der Waals surface area contributed by atoms with Crippen molar-refractivity contribution in [3.63, 3.8) is 0 Å². The normalized spacial score (nSPS) is 13.6. The van der Waals surface area contributed by atoms with Gasteiger partial charge in [0.1, 0.15) is 12.1 Å². The highest BCUT2D eigenvalue weighted by Crippen LogP contribution is 2.27. The summed E-state index contributed by atoms with van der Waals surface area (Å²) in [6.45, 7) is 22.8. The lowest BCUT2D eigenvalue weighted by Crippen LogP contribution is -2.60. The monoisotopic (exact) mass is 530 g/mol. The van der Waals surface area contributed by atoms with Crippen molar-refractivity contribution in [2.75, 3.05) is 0 Å². The zero-order valence-corrected chi connectivity index (χ0v) is 26.3. The van der Waals surface area contributed by atoms with Crippen LogP contribution in [0.25, 0.3) is 0 Å². The fourth-order valence-corrected chi connectivity index (χ4v) is 28.2. The Bertz CT molecular complexity index is 902. The van der Waals surface area contributed by atoms with Crippen LogP contribution in [0.2, 0.25) is 77.0 Å². The van der Waals surface area contributed by atoms with Crippen LogP contribution >= 0.6 is 11.6 Å². The average molecular weight is 531 g/mol. The first-order valence-electron chi connectivity index (χ1n) is 10.2. The number of nitriles is 2. The zero-order chi connectivity index (χ0) is 24.5. The van der Waals surface area contributed by atoms with Gasteiger partial charge in [0.25, 0.3) is 0 Å². The van der Waals surface area contributed by atoms with Crippen molar-refractivity contribution >= 4 is 59.1 Å². The molecule has 1 rings (SSSR count). The van der Waals surface area contributed by atoms with E-state index >= 15 is 0 Å². The van der Waals surface area contributed by atoms with Gasteiger partial charge in [-0.25, -0.2) is 0 Å². The Hall–Kier alpha value is -0.586. The number of halogens is 1. The minimum Gasteiger partial charge on any atom is -0.437 e. The third-order valence-electron chi connectivity index (χ3n) is 4.03. The molecule has 0 fully saturated rings. The summed E-state index contributed by atoms with van der Waals surface area (Å²) >= 11 is 6.48. The minimum atomic E-state index is -2.62. The summed E-state index contributed by atoms with van der Waals surface area (Å²) in [7, 11) is -11.8. The van der Waals surface area contributed by atoms with Crippen LogP contribution < -0.4 is 5.19 Å². The largest absolute Gasteiger partial charge is 0.437 e. The van der Waals surface area contributed by atoms with E-state index in [0.717, 1.165) is 5.19 Å². The van der Waals surface area contributed by atoms with Gasteiger partial charge in [0.05, 0.1) is 11.1 Å². The highest BCUT2D eigenvalue weighted by Gasteiger charge is 2.45. The van der Waals surface area contributed by atoms with Gasteiger partial charge in [-0.15, -0.1) is 0 Å². The highest BCUT2D eigenvalue weighted by molar-refractivity contribution is 6.94. The molecule has 172 valence electrons. The van der Waals surface area contributed by atoms with Gasteiger partial charge in [-0.3, -0.25) is 0 Å². The molecule has 0 spiro atoms. The van der Waals surface area contributed by atoms with Crippen molar-refractivity contribution < 1.29 is 16.5 Å². The molecule has 0 saturated carbocycles.